The van der Waals surface area contributed by atoms with Crippen LogP contribution in [0.1, 0.15) is 38.5 Å². The zero-order chi connectivity index (χ0) is 11.0. The number of fused-ring (bicyclic) bond motifs is 1. The Morgan fingerprint density at radius 2 is 1.75 bits per heavy atom. The van der Waals surface area contributed by atoms with Gasteiger partial charge in [-0.15, -0.1) is 0 Å². The minimum Gasteiger partial charge on any atom is -0.313 e. The van der Waals surface area contributed by atoms with E-state index in [-0.39, 0.29) is 0 Å². The lowest BCUT2D eigenvalue weighted by Gasteiger charge is -2.16. The van der Waals surface area contributed by atoms with Crippen LogP contribution in [-0.2, 0) is 0 Å². The van der Waals surface area contributed by atoms with Gasteiger partial charge >= 0.3 is 0 Å². The molecular formula is C14H26N2. The summed E-state index contributed by atoms with van der Waals surface area (Å²) in [6.07, 6.45) is 8.90. The third-order valence-corrected chi connectivity index (χ3v) is 4.86. The SMILES string of the molecule is CN(CCNC1CC1)CC1C2CCCCC21. The Morgan fingerprint density at radius 3 is 2.38 bits per heavy atom. The van der Waals surface area contributed by atoms with Crippen molar-refractivity contribution in [1.82, 2.24) is 10.2 Å². The molecule has 3 aliphatic rings. The Morgan fingerprint density at radius 1 is 1.06 bits per heavy atom. The van der Waals surface area contributed by atoms with Crippen molar-refractivity contribution in [2.24, 2.45) is 17.8 Å². The highest BCUT2D eigenvalue weighted by Crippen LogP contribution is 2.55. The average Bonchev–Trinajstić information content (AvgIpc) is 3.17. The summed E-state index contributed by atoms with van der Waals surface area (Å²) in [6.45, 7) is 3.80. The summed E-state index contributed by atoms with van der Waals surface area (Å²) in [7, 11) is 2.30. The molecule has 1 N–H and O–H groups in total. The maximum Gasteiger partial charge on any atom is 0.0104 e. The van der Waals surface area contributed by atoms with Crippen LogP contribution in [0.4, 0.5) is 0 Å². The first-order valence-corrected chi connectivity index (χ1v) is 7.26. The molecule has 2 nitrogen and oxygen atoms in total. The fraction of sp³-hybridized carbons (Fsp3) is 1.00. The van der Waals surface area contributed by atoms with E-state index in [1.54, 1.807) is 0 Å². The van der Waals surface area contributed by atoms with Gasteiger partial charge in [0.15, 0.2) is 0 Å². The number of nitrogens with zero attached hydrogens (tertiary/aromatic N) is 1. The maximum atomic E-state index is 3.60. The van der Waals surface area contributed by atoms with Gasteiger partial charge in [-0.25, -0.2) is 0 Å². The standard InChI is InChI=1S/C14H26N2/c1-16(9-8-15-11-6-7-11)10-14-12-4-2-3-5-13(12)14/h11-15H,2-10H2,1H3. The van der Waals surface area contributed by atoms with Crippen LogP contribution in [0, 0.1) is 17.8 Å². The van der Waals surface area contributed by atoms with Crippen molar-refractivity contribution in [3.05, 3.63) is 0 Å². The van der Waals surface area contributed by atoms with E-state index in [1.165, 1.54) is 58.2 Å². The second-order valence-electron chi connectivity index (χ2n) is 6.27. The molecule has 0 spiro atoms. The minimum absolute atomic E-state index is 0.872. The number of hydrogen-bond acceptors (Lipinski definition) is 2. The van der Waals surface area contributed by atoms with Crippen LogP contribution >= 0.6 is 0 Å². The molecule has 0 bridgehead atoms. The second kappa shape index (κ2) is 4.66. The van der Waals surface area contributed by atoms with Crippen LogP contribution < -0.4 is 5.32 Å². The molecule has 92 valence electrons. The molecule has 0 heterocycles. The van der Waals surface area contributed by atoms with Crippen molar-refractivity contribution in [1.29, 1.82) is 0 Å². The summed E-state index contributed by atoms with van der Waals surface area (Å²) in [5.41, 5.74) is 0. The molecule has 2 unspecified atom stereocenters. The fourth-order valence-electron chi connectivity index (χ4n) is 3.61. The molecule has 16 heavy (non-hydrogen) atoms. The normalized spacial score (nSPS) is 37.5. The summed E-state index contributed by atoms with van der Waals surface area (Å²) in [6, 6.07) is 0.872. The molecule has 2 atom stereocenters. The molecule has 0 saturated heterocycles. The molecule has 0 radical (unpaired) electrons. The van der Waals surface area contributed by atoms with Crippen LogP contribution in [0.25, 0.3) is 0 Å². The average molecular weight is 222 g/mol. The highest BCUT2D eigenvalue weighted by molar-refractivity contribution is 5.00. The van der Waals surface area contributed by atoms with Crippen molar-refractivity contribution >= 4 is 0 Å². The number of rotatable bonds is 6. The van der Waals surface area contributed by atoms with Gasteiger partial charge in [0.2, 0.25) is 0 Å². The van der Waals surface area contributed by atoms with E-state index in [2.05, 4.69) is 17.3 Å². The lowest BCUT2D eigenvalue weighted by atomic mass is 10.0. The predicted molar refractivity (Wildman–Crippen MR) is 67.5 cm³/mol. The predicted octanol–water partition coefficient (Wildman–Crippen LogP) is 2.11. The molecule has 3 rings (SSSR count). The summed E-state index contributed by atoms with van der Waals surface area (Å²) >= 11 is 0. The first kappa shape index (κ1) is 11.0. The second-order valence-corrected chi connectivity index (χ2v) is 6.27. The first-order valence-electron chi connectivity index (χ1n) is 7.26. The Bertz CT molecular complexity index is 225. The number of nitrogens with one attached hydrogen (secondary N) is 1. The quantitative estimate of drug-likeness (QED) is 0.740. The van der Waals surface area contributed by atoms with Gasteiger partial charge in [-0.2, -0.15) is 0 Å². The van der Waals surface area contributed by atoms with Crippen molar-refractivity contribution in [2.75, 3.05) is 26.7 Å². The Labute approximate surface area is 99.8 Å². The van der Waals surface area contributed by atoms with E-state index >= 15 is 0 Å². The van der Waals surface area contributed by atoms with E-state index in [1.807, 2.05) is 0 Å². The summed E-state index contributed by atoms with van der Waals surface area (Å²) in [5.74, 6) is 3.30. The highest BCUT2D eigenvalue weighted by Gasteiger charge is 2.50. The summed E-state index contributed by atoms with van der Waals surface area (Å²) in [5, 5.41) is 3.60. The molecule has 0 amide bonds. The Balaban J connectivity index is 1.31. The largest absolute Gasteiger partial charge is 0.313 e. The summed E-state index contributed by atoms with van der Waals surface area (Å²) < 4.78 is 0. The third kappa shape index (κ3) is 2.60. The first-order chi connectivity index (χ1) is 7.84. The Kier molecular flexibility index (Phi) is 3.21. The van der Waals surface area contributed by atoms with Gasteiger partial charge in [0.25, 0.3) is 0 Å². The number of hydrogen-bond donors (Lipinski definition) is 1. The zero-order valence-electron chi connectivity index (χ0n) is 10.6. The van der Waals surface area contributed by atoms with Crippen molar-refractivity contribution < 1.29 is 0 Å². The van der Waals surface area contributed by atoms with Crippen molar-refractivity contribution in [3.8, 4) is 0 Å². The van der Waals surface area contributed by atoms with Crippen LogP contribution in [0.3, 0.4) is 0 Å². The van der Waals surface area contributed by atoms with Crippen LogP contribution in [0.2, 0.25) is 0 Å². The molecule has 3 aliphatic carbocycles. The molecule has 3 saturated carbocycles. The van der Waals surface area contributed by atoms with Gasteiger partial charge in [0, 0.05) is 25.7 Å². The van der Waals surface area contributed by atoms with Crippen molar-refractivity contribution in [2.45, 2.75) is 44.6 Å². The van der Waals surface area contributed by atoms with Gasteiger partial charge in [0.05, 0.1) is 0 Å². The molecule has 0 aliphatic heterocycles. The monoisotopic (exact) mass is 222 g/mol. The van der Waals surface area contributed by atoms with E-state index < -0.39 is 0 Å². The van der Waals surface area contributed by atoms with Crippen molar-refractivity contribution in [3.63, 3.8) is 0 Å². The van der Waals surface area contributed by atoms with Crippen LogP contribution in [0.15, 0.2) is 0 Å². The van der Waals surface area contributed by atoms with Crippen LogP contribution in [-0.4, -0.2) is 37.6 Å². The van der Waals surface area contributed by atoms with Gasteiger partial charge in [-0.3, -0.25) is 0 Å². The van der Waals surface area contributed by atoms with Gasteiger partial charge in [-0.1, -0.05) is 12.8 Å². The third-order valence-electron chi connectivity index (χ3n) is 4.86. The topological polar surface area (TPSA) is 15.3 Å². The van der Waals surface area contributed by atoms with Gasteiger partial charge in [-0.05, 0) is 50.5 Å². The zero-order valence-corrected chi connectivity index (χ0v) is 10.6. The van der Waals surface area contributed by atoms with E-state index in [9.17, 15) is 0 Å². The fourth-order valence-corrected chi connectivity index (χ4v) is 3.61. The Hall–Kier alpha value is -0.0800. The molecular weight excluding hydrogens is 196 g/mol. The lowest BCUT2D eigenvalue weighted by Crippen LogP contribution is -2.31. The molecule has 0 aromatic heterocycles. The summed E-state index contributed by atoms with van der Waals surface area (Å²) in [4.78, 5) is 2.55. The van der Waals surface area contributed by atoms with Crippen LogP contribution in [0.5, 0.6) is 0 Å². The molecule has 3 fully saturated rings. The van der Waals surface area contributed by atoms with Gasteiger partial charge < -0.3 is 10.2 Å². The van der Waals surface area contributed by atoms with E-state index in [4.69, 9.17) is 0 Å². The molecule has 0 aromatic carbocycles. The lowest BCUT2D eigenvalue weighted by molar-refractivity contribution is 0.307. The molecule has 2 heteroatoms. The highest BCUT2D eigenvalue weighted by atomic mass is 15.1. The van der Waals surface area contributed by atoms with E-state index in [0.29, 0.717) is 0 Å². The number of likely N-dealkylation sites (N-methyl/N-ethyl adjacent to an activating group) is 1. The minimum atomic E-state index is 0.872. The van der Waals surface area contributed by atoms with E-state index in [0.717, 1.165) is 23.8 Å². The smallest absolute Gasteiger partial charge is 0.0104 e. The molecule has 0 aromatic rings. The van der Waals surface area contributed by atoms with Gasteiger partial charge in [0.1, 0.15) is 0 Å². The maximum absolute atomic E-state index is 3.60.